The minimum absolute atomic E-state index is 0.374. The number of hydrogen-bond donors (Lipinski definition) is 0. The smallest absolute Gasteiger partial charge is 0.233 e. The minimum atomic E-state index is -0.503. The number of rotatable bonds is 5. The van der Waals surface area contributed by atoms with Crippen molar-refractivity contribution in [2.24, 2.45) is 0 Å². The third kappa shape index (κ3) is 3.12. The number of benzene rings is 2. The van der Waals surface area contributed by atoms with Gasteiger partial charge in [0.25, 0.3) is 0 Å². The second kappa shape index (κ2) is 6.15. The highest BCUT2D eigenvalue weighted by molar-refractivity contribution is 6.49. The highest BCUT2D eigenvalue weighted by Gasteiger charge is 2.17. The molecule has 2 aromatic rings. The molecule has 0 unspecified atom stereocenters. The molecule has 0 fully saturated rings. The Morgan fingerprint density at radius 1 is 0.850 bits per heavy atom. The van der Waals surface area contributed by atoms with Gasteiger partial charge in [-0.05, 0) is 38.1 Å². The van der Waals surface area contributed by atoms with E-state index in [1.165, 1.54) is 0 Å². The standard InChI is InChI=1S/C17H16O3/c1-3-20-15-10-8-14(9-11-15)17(19)16(18)13-6-4-12(2)5-7-13/h4-11H,3H2,1-2H3. The largest absolute Gasteiger partial charge is 0.494 e. The Morgan fingerprint density at radius 2 is 1.30 bits per heavy atom. The van der Waals surface area contributed by atoms with Gasteiger partial charge in [-0.2, -0.15) is 0 Å². The van der Waals surface area contributed by atoms with E-state index in [1.54, 1.807) is 36.4 Å². The molecule has 0 spiro atoms. The molecule has 0 amide bonds. The summed E-state index contributed by atoms with van der Waals surface area (Å²) in [6.45, 7) is 4.39. The van der Waals surface area contributed by atoms with Crippen molar-refractivity contribution in [2.75, 3.05) is 6.61 Å². The van der Waals surface area contributed by atoms with Crippen LogP contribution in [-0.4, -0.2) is 18.2 Å². The van der Waals surface area contributed by atoms with Crippen molar-refractivity contribution in [1.29, 1.82) is 0 Å². The summed E-state index contributed by atoms with van der Waals surface area (Å²) in [7, 11) is 0. The summed E-state index contributed by atoms with van der Waals surface area (Å²) in [5.41, 5.74) is 1.84. The van der Waals surface area contributed by atoms with Crippen LogP contribution >= 0.6 is 0 Å². The fourth-order valence-corrected chi connectivity index (χ4v) is 1.84. The predicted octanol–water partition coefficient (Wildman–Crippen LogP) is 3.46. The van der Waals surface area contributed by atoms with Gasteiger partial charge in [0.2, 0.25) is 11.6 Å². The van der Waals surface area contributed by atoms with Crippen LogP contribution in [0.2, 0.25) is 0 Å². The molecule has 2 aromatic carbocycles. The molecule has 0 aliphatic carbocycles. The first-order valence-corrected chi connectivity index (χ1v) is 6.50. The minimum Gasteiger partial charge on any atom is -0.494 e. The molecule has 3 nitrogen and oxygen atoms in total. The number of Topliss-reactive ketones (excluding diaryl/α,β-unsaturated/α-hetero) is 2. The first-order chi connectivity index (χ1) is 9.61. The van der Waals surface area contributed by atoms with Crippen LogP contribution in [-0.2, 0) is 0 Å². The van der Waals surface area contributed by atoms with Crippen LogP contribution in [0.5, 0.6) is 5.75 Å². The van der Waals surface area contributed by atoms with Crippen molar-refractivity contribution >= 4 is 11.6 Å². The summed E-state index contributed by atoms with van der Waals surface area (Å²) in [6.07, 6.45) is 0. The molecule has 20 heavy (non-hydrogen) atoms. The number of carbonyl (C=O) groups is 2. The molecule has 0 aromatic heterocycles. The van der Waals surface area contributed by atoms with Crippen molar-refractivity contribution in [3.8, 4) is 5.75 Å². The van der Waals surface area contributed by atoms with Crippen LogP contribution in [0.3, 0.4) is 0 Å². The van der Waals surface area contributed by atoms with Gasteiger partial charge in [0.15, 0.2) is 0 Å². The Bertz CT molecular complexity index is 610. The number of ether oxygens (including phenoxy) is 1. The van der Waals surface area contributed by atoms with E-state index in [-0.39, 0.29) is 0 Å². The predicted molar refractivity (Wildman–Crippen MR) is 77.5 cm³/mol. The topological polar surface area (TPSA) is 43.4 Å². The summed E-state index contributed by atoms with van der Waals surface area (Å²) in [5.74, 6) is -0.308. The highest BCUT2D eigenvalue weighted by Crippen LogP contribution is 2.14. The van der Waals surface area contributed by atoms with Crippen LogP contribution in [0.15, 0.2) is 48.5 Å². The molecule has 0 aliphatic heterocycles. The summed E-state index contributed by atoms with van der Waals surface area (Å²) in [6, 6.07) is 13.6. The monoisotopic (exact) mass is 268 g/mol. The average Bonchev–Trinajstić information content (AvgIpc) is 2.48. The fraction of sp³-hybridized carbons (Fsp3) is 0.176. The van der Waals surface area contributed by atoms with Gasteiger partial charge in [-0.25, -0.2) is 0 Å². The van der Waals surface area contributed by atoms with Crippen molar-refractivity contribution in [1.82, 2.24) is 0 Å². The van der Waals surface area contributed by atoms with Gasteiger partial charge in [0.1, 0.15) is 5.75 Å². The Kier molecular flexibility index (Phi) is 4.31. The number of aryl methyl sites for hydroxylation is 1. The zero-order valence-electron chi connectivity index (χ0n) is 11.6. The SMILES string of the molecule is CCOc1ccc(C(=O)C(=O)c2ccc(C)cc2)cc1. The Balaban J connectivity index is 2.18. The zero-order chi connectivity index (χ0) is 14.5. The maximum absolute atomic E-state index is 12.1. The van der Waals surface area contributed by atoms with E-state index < -0.39 is 11.6 Å². The molecule has 0 radical (unpaired) electrons. The molecule has 102 valence electrons. The normalized spacial score (nSPS) is 10.1. The van der Waals surface area contributed by atoms with Crippen LogP contribution in [0, 0.1) is 6.92 Å². The quantitative estimate of drug-likeness (QED) is 0.616. The second-order valence-electron chi connectivity index (χ2n) is 4.48. The fourth-order valence-electron chi connectivity index (χ4n) is 1.84. The lowest BCUT2D eigenvalue weighted by molar-refractivity contribution is 0.0817. The Labute approximate surface area is 118 Å². The molecular formula is C17H16O3. The second-order valence-corrected chi connectivity index (χ2v) is 4.48. The molecule has 0 bridgehead atoms. The lowest BCUT2D eigenvalue weighted by Gasteiger charge is -2.04. The van der Waals surface area contributed by atoms with E-state index in [9.17, 15) is 9.59 Å². The maximum Gasteiger partial charge on any atom is 0.233 e. The van der Waals surface area contributed by atoms with Gasteiger partial charge < -0.3 is 4.74 Å². The summed E-state index contributed by atoms with van der Waals surface area (Å²) in [4.78, 5) is 24.2. The number of carbonyl (C=O) groups excluding carboxylic acids is 2. The van der Waals surface area contributed by atoms with E-state index in [0.29, 0.717) is 23.5 Å². The van der Waals surface area contributed by atoms with Gasteiger partial charge in [0, 0.05) is 11.1 Å². The van der Waals surface area contributed by atoms with Gasteiger partial charge in [-0.15, -0.1) is 0 Å². The maximum atomic E-state index is 12.1. The molecule has 0 aliphatic rings. The zero-order valence-corrected chi connectivity index (χ0v) is 11.6. The number of ketones is 2. The van der Waals surface area contributed by atoms with E-state index in [1.807, 2.05) is 26.0 Å². The van der Waals surface area contributed by atoms with Crippen molar-refractivity contribution < 1.29 is 14.3 Å². The van der Waals surface area contributed by atoms with Crippen molar-refractivity contribution in [3.05, 3.63) is 65.2 Å². The lowest BCUT2D eigenvalue weighted by Crippen LogP contribution is -2.14. The van der Waals surface area contributed by atoms with Crippen LogP contribution in [0.1, 0.15) is 33.2 Å². The highest BCUT2D eigenvalue weighted by atomic mass is 16.5. The van der Waals surface area contributed by atoms with E-state index in [0.717, 1.165) is 5.56 Å². The summed E-state index contributed by atoms with van der Waals surface area (Å²) in [5, 5.41) is 0. The Hall–Kier alpha value is -2.42. The first kappa shape index (κ1) is 14.0. The average molecular weight is 268 g/mol. The lowest BCUT2D eigenvalue weighted by atomic mass is 10.0. The van der Waals surface area contributed by atoms with Gasteiger partial charge in [-0.1, -0.05) is 29.8 Å². The van der Waals surface area contributed by atoms with Crippen molar-refractivity contribution in [3.63, 3.8) is 0 Å². The summed E-state index contributed by atoms with van der Waals surface area (Å²) >= 11 is 0. The van der Waals surface area contributed by atoms with Crippen LogP contribution in [0.25, 0.3) is 0 Å². The van der Waals surface area contributed by atoms with Gasteiger partial charge in [0.05, 0.1) is 6.61 Å². The van der Waals surface area contributed by atoms with Gasteiger partial charge in [-0.3, -0.25) is 9.59 Å². The van der Waals surface area contributed by atoms with E-state index in [2.05, 4.69) is 0 Å². The van der Waals surface area contributed by atoms with E-state index in [4.69, 9.17) is 4.74 Å². The molecule has 0 N–H and O–H groups in total. The molecule has 2 rings (SSSR count). The van der Waals surface area contributed by atoms with Crippen LogP contribution < -0.4 is 4.74 Å². The first-order valence-electron chi connectivity index (χ1n) is 6.50. The molecule has 0 heterocycles. The molecule has 3 heteroatoms. The third-order valence-electron chi connectivity index (χ3n) is 2.95. The third-order valence-corrected chi connectivity index (χ3v) is 2.95. The molecule has 0 saturated carbocycles. The number of hydrogen-bond acceptors (Lipinski definition) is 3. The van der Waals surface area contributed by atoms with E-state index >= 15 is 0 Å². The van der Waals surface area contributed by atoms with Gasteiger partial charge >= 0.3 is 0 Å². The van der Waals surface area contributed by atoms with Crippen LogP contribution in [0.4, 0.5) is 0 Å². The summed E-state index contributed by atoms with van der Waals surface area (Å²) < 4.78 is 5.30. The molecular weight excluding hydrogens is 252 g/mol. The van der Waals surface area contributed by atoms with Crippen molar-refractivity contribution in [2.45, 2.75) is 13.8 Å². The Morgan fingerprint density at radius 3 is 1.75 bits per heavy atom. The molecule has 0 atom stereocenters. The molecule has 0 saturated heterocycles.